The Kier molecular flexibility index (Phi) is 7.74. The zero-order chi connectivity index (χ0) is 21.6. The molecule has 0 atom stereocenters. The van der Waals surface area contributed by atoms with Gasteiger partial charge in [-0.2, -0.15) is 18.4 Å². The summed E-state index contributed by atoms with van der Waals surface area (Å²) in [5.41, 5.74) is 0.0741. The van der Waals surface area contributed by atoms with E-state index in [0.29, 0.717) is 29.6 Å². The van der Waals surface area contributed by atoms with E-state index in [1.54, 1.807) is 30.3 Å². The van der Waals surface area contributed by atoms with E-state index in [4.69, 9.17) is 4.74 Å². The van der Waals surface area contributed by atoms with Crippen LogP contribution in [0.4, 0.5) is 13.2 Å². The van der Waals surface area contributed by atoms with Gasteiger partial charge in [-0.25, -0.2) is 4.98 Å². The molecule has 1 heterocycles. The number of benzene rings is 1. The van der Waals surface area contributed by atoms with Gasteiger partial charge in [0, 0.05) is 11.3 Å². The third-order valence-corrected chi connectivity index (χ3v) is 5.14. The fourth-order valence-electron chi connectivity index (χ4n) is 2.62. The number of ether oxygens (including phenoxy) is 1. The molecule has 0 fully saturated rings. The van der Waals surface area contributed by atoms with Crippen LogP contribution in [0, 0.1) is 24.2 Å². The van der Waals surface area contributed by atoms with Gasteiger partial charge in [0.25, 0.3) is 0 Å². The fourth-order valence-corrected chi connectivity index (χ4v) is 3.36. The Morgan fingerprint density at radius 2 is 2.03 bits per heavy atom. The van der Waals surface area contributed by atoms with Crippen LogP contribution in [0.2, 0.25) is 0 Å². The van der Waals surface area contributed by atoms with E-state index >= 15 is 0 Å². The highest BCUT2D eigenvalue weighted by Gasteiger charge is 2.36. The number of alkyl halides is 3. The lowest BCUT2D eigenvalue weighted by Crippen LogP contribution is -2.10. The molecule has 2 rings (SSSR count). The van der Waals surface area contributed by atoms with Crippen LogP contribution in [0.15, 0.2) is 41.9 Å². The minimum Gasteiger partial charge on any atom is -0.493 e. The summed E-state index contributed by atoms with van der Waals surface area (Å²) in [4.78, 5) is 4.33. The van der Waals surface area contributed by atoms with Crippen LogP contribution in [-0.2, 0) is 6.18 Å². The molecular formula is C22H23F3N2OS. The van der Waals surface area contributed by atoms with E-state index in [-0.39, 0.29) is 10.7 Å². The molecule has 2 aromatic rings. The standard InChI is InChI=1S/C22H23F3N2OS/c1-5-10-29-21-17(13-26)18(22(23,24)25)12-19(27-21)16-6-7-20(15(4)11-16)28-9-8-14(2)3/h5-7,11-12,14H,1,8-10H2,2-4H3. The van der Waals surface area contributed by atoms with Crippen molar-refractivity contribution in [3.05, 3.63) is 53.6 Å². The Balaban J connectivity index is 2.47. The molecule has 0 N–H and O–H groups in total. The number of halogens is 3. The number of nitriles is 1. The summed E-state index contributed by atoms with van der Waals surface area (Å²) >= 11 is 1.06. The lowest BCUT2D eigenvalue weighted by Gasteiger charge is -2.15. The Hall–Kier alpha value is -2.46. The minimum atomic E-state index is -4.65. The molecule has 0 radical (unpaired) electrons. The van der Waals surface area contributed by atoms with Gasteiger partial charge in [-0.3, -0.25) is 0 Å². The second-order valence-corrected chi connectivity index (χ2v) is 7.96. The number of nitrogens with zero attached hydrogens (tertiary/aromatic N) is 2. The van der Waals surface area contributed by atoms with E-state index in [1.165, 1.54) is 0 Å². The van der Waals surface area contributed by atoms with E-state index in [2.05, 4.69) is 25.4 Å². The van der Waals surface area contributed by atoms with Crippen molar-refractivity contribution >= 4 is 11.8 Å². The van der Waals surface area contributed by atoms with Crippen molar-refractivity contribution in [2.75, 3.05) is 12.4 Å². The highest BCUT2D eigenvalue weighted by Crippen LogP contribution is 2.38. The highest BCUT2D eigenvalue weighted by molar-refractivity contribution is 7.99. The van der Waals surface area contributed by atoms with Gasteiger partial charge in [0.15, 0.2) is 0 Å². The summed E-state index contributed by atoms with van der Waals surface area (Å²) in [5, 5.41) is 9.33. The monoisotopic (exact) mass is 420 g/mol. The number of hydrogen-bond acceptors (Lipinski definition) is 4. The molecule has 0 spiro atoms. The van der Waals surface area contributed by atoms with Crippen LogP contribution in [0.25, 0.3) is 11.3 Å². The van der Waals surface area contributed by atoms with Gasteiger partial charge < -0.3 is 4.74 Å². The molecule has 0 amide bonds. The van der Waals surface area contributed by atoms with Crippen LogP contribution >= 0.6 is 11.8 Å². The first-order valence-corrected chi connectivity index (χ1v) is 10.2. The van der Waals surface area contributed by atoms with Crippen LogP contribution < -0.4 is 4.74 Å². The molecule has 7 heteroatoms. The molecule has 0 aliphatic rings. The molecule has 3 nitrogen and oxygen atoms in total. The first kappa shape index (κ1) is 22.8. The van der Waals surface area contributed by atoms with Gasteiger partial charge in [0.1, 0.15) is 16.8 Å². The summed E-state index contributed by atoms with van der Waals surface area (Å²) in [5.74, 6) is 1.56. The lowest BCUT2D eigenvalue weighted by molar-refractivity contribution is -0.138. The molecule has 29 heavy (non-hydrogen) atoms. The van der Waals surface area contributed by atoms with Crippen LogP contribution in [-0.4, -0.2) is 17.3 Å². The Labute approximate surface area is 173 Å². The number of aromatic nitrogens is 1. The summed E-state index contributed by atoms with van der Waals surface area (Å²) in [7, 11) is 0. The average Bonchev–Trinajstić information content (AvgIpc) is 2.65. The summed E-state index contributed by atoms with van der Waals surface area (Å²) in [6, 6.07) is 7.77. The molecule has 1 aromatic carbocycles. The Morgan fingerprint density at radius 1 is 1.31 bits per heavy atom. The van der Waals surface area contributed by atoms with Crippen molar-refractivity contribution in [2.24, 2.45) is 5.92 Å². The normalized spacial score (nSPS) is 11.4. The van der Waals surface area contributed by atoms with Gasteiger partial charge in [-0.05, 0) is 49.1 Å². The molecule has 1 aromatic heterocycles. The number of hydrogen-bond donors (Lipinski definition) is 0. The average molecular weight is 421 g/mol. The summed E-state index contributed by atoms with van der Waals surface area (Å²) < 4.78 is 46.4. The Morgan fingerprint density at radius 3 is 2.59 bits per heavy atom. The predicted molar refractivity (Wildman–Crippen MR) is 110 cm³/mol. The Bertz CT molecular complexity index is 917. The zero-order valence-corrected chi connectivity index (χ0v) is 17.5. The molecule has 0 unspecified atom stereocenters. The van der Waals surface area contributed by atoms with Crippen molar-refractivity contribution in [3.63, 3.8) is 0 Å². The molecular weight excluding hydrogens is 397 g/mol. The fraction of sp³-hybridized carbons (Fsp3) is 0.364. The molecule has 0 saturated carbocycles. The van der Waals surface area contributed by atoms with Gasteiger partial charge in [-0.1, -0.05) is 19.9 Å². The van der Waals surface area contributed by atoms with Crippen LogP contribution in [0.3, 0.4) is 0 Å². The molecule has 0 aliphatic carbocycles. The zero-order valence-electron chi connectivity index (χ0n) is 16.6. The maximum Gasteiger partial charge on any atom is 0.417 e. The lowest BCUT2D eigenvalue weighted by atomic mass is 10.0. The highest BCUT2D eigenvalue weighted by atomic mass is 32.2. The smallest absolute Gasteiger partial charge is 0.417 e. The van der Waals surface area contributed by atoms with E-state index < -0.39 is 17.3 Å². The van der Waals surface area contributed by atoms with Gasteiger partial charge in [0.05, 0.1) is 23.4 Å². The quantitative estimate of drug-likeness (QED) is 0.354. The molecule has 0 saturated heterocycles. The second-order valence-electron chi connectivity index (χ2n) is 6.96. The van der Waals surface area contributed by atoms with Gasteiger partial charge in [-0.15, -0.1) is 18.3 Å². The van der Waals surface area contributed by atoms with Crippen molar-refractivity contribution in [3.8, 4) is 23.1 Å². The van der Waals surface area contributed by atoms with Gasteiger partial charge >= 0.3 is 6.18 Å². The number of thioether (sulfide) groups is 1. The van der Waals surface area contributed by atoms with Crippen LogP contribution in [0.5, 0.6) is 5.75 Å². The largest absolute Gasteiger partial charge is 0.493 e. The van der Waals surface area contributed by atoms with Crippen molar-refractivity contribution < 1.29 is 17.9 Å². The maximum atomic E-state index is 13.6. The first-order chi connectivity index (χ1) is 13.7. The number of aryl methyl sites for hydroxylation is 1. The number of rotatable bonds is 8. The maximum absolute atomic E-state index is 13.6. The summed E-state index contributed by atoms with van der Waals surface area (Å²) in [6.45, 7) is 10.2. The van der Waals surface area contributed by atoms with Gasteiger partial charge in [0.2, 0.25) is 0 Å². The predicted octanol–water partition coefficient (Wildman–Crippen LogP) is 6.65. The van der Waals surface area contributed by atoms with E-state index in [1.807, 2.05) is 6.92 Å². The van der Waals surface area contributed by atoms with Crippen molar-refractivity contribution in [1.29, 1.82) is 5.26 Å². The SMILES string of the molecule is C=CCSc1nc(-c2ccc(OCCC(C)C)c(C)c2)cc(C(F)(F)F)c1C#N. The number of pyridine rings is 1. The minimum absolute atomic E-state index is 0.0483. The van der Waals surface area contributed by atoms with E-state index in [0.717, 1.165) is 29.8 Å². The van der Waals surface area contributed by atoms with Crippen molar-refractivity contribution in [2.45, 2.75) is 38.4 Å². The van der Waals surface area contributed by atoms with Crippen LogP contribution in [0.1, 0.15) is 37.0 Å². The third-order valence-electron chi connectivity index (χ3n) is 4.16. The topological polar surface area (TPSA) is 45.9 Å². The summed E-state index contributed by atoms with van der Waals surface area (Å²) in [6.07, 6.45) is -2.18. The molecule has 0 aliphatic heterocycles. The second kappa shape index (κ2) is 9.84. The van der Waals surface area contributed by atoms with Crippen molar-refractivity contribution in [1.82, 2.24) is 4.98 Å². The third kappa shape index (κ3) is 6.01. The molecule has 0 bridgehead atoms. The van der Waals surface area contributed by atoms with E-state index in [9.17, 15) is 18.4 Å². The molecule has 154 valence electrons. The first-order valence-electron chi connectivity index (χ1n) is 9.17.